The number of nitro groups is 1. The predicted octanol–water partition coefficient (Wildman–Crippen LogP) is 8.85. The molecule has 0 heterocycles. The van der Waals surface area contributed by atoms with Gasteiger partial charge in [0.15, 0.2) is 34.9 Å². The third-order valence-electron chi connectivity index (χ3n) is 8.08. The highest BCUT2D eigenvalue weighted by molar-refractivity contribution is 5.87. The molecule has 0 spiro atoms. The van der Waals surface area contributed by atoms with E-state index in [2.05, 4.69) is 11.9 Å². The smallest absolute Gasteiger partial charge is 0.272 e. The van der Waals surface area contributed by atoms with Crippen molar-refractivity contribution in [2.24, 2.45) is 0 Å². The number of halogens is 5. The molecule has 51 heavy (non-hydrogen) atoms. The number of rotatable bonds is 15. The lowest BCUT2D eigenvalue weighted by Crippen LogP contribution is -2.40. The van der Waals surface area contributed by atoms with E-state index in [1.807, 2.05) is 36.4 Å². The minimum absolute atomic E-state index is 0.0473. The summed E-state index contributed by atoms with van der Waals surface area (Å²) in [6.45, 7) is 5.60. The molecule has 0 saturated carbocycles. The van der Waals surface area contributed by atoms with E-state index in [4.69, 9.17) is 9.47 Å². The molecule has 7 nitrogen and oxygen atoms in total. The standard InChI is InChI=1S/C39H31F5N2O5/c1-23-17-27(13-15-32(23)46(48)49)28-14-16-34(51-22-26-11-7-4-8-12-26)29(18-28)19-31(45-24(2)50-21-25-9-5-3-6-10-25)33(47)20-30-35(40)37(42)39(44)38(43)36(30)41/h3-18,31,45H,2,19-22H2,1H3/t31-/m0/s1. The van der Waals surface area contributed by atoms with Gasteiger partial charge in [0.25, 0.3) is 5.69 Å². The van der Waals surface area contributed by atoms with Gasteiger partial charge in [-0.1, -0.05) is 66.7 Å². The zero-order valence-electron chi connectivity index (χ0n) is 27.2. The Morgan fingerprint density at radius 2 is 1.33 bits per heavy atom. The van der Waals surface area contributed by atoms with Crippen molar-refractivity contribution in [1.29, 1.82) is 0 Å². The van der Waals surface area contributed by atoms with Crippen LogP contribution >= 0.6 is 0 Å². The van der Waals surface area contributed by atoms with Crippen molar-refractivity contribution in [3.63, 3.8) is 0 Å². The molecule has 0 fully saturated rings. The summed E-state index contributed by atoms with van der Waals surface area (Å²) < 4.78 is 83.2. The number of ketones is 1. The van der Waals surface area contributed by atoms with Gasteiger partial charge in [-0.15, -0.1) is 0 Å². The molecule has 5 aromatic rings. The number of nitro benzene ring substituents is 1. The molecule has 12 heteroatoms. The molecule has 0 radical (unpaired) electrons. The van der Waals surface area contributed by atoms with Gasteiger partial charge in [0.2, 0.25) is 5.82 Å². The number of carbonyl (C=O) groups is 1. The minimum atomic E-state index is -2.34. The van der Waals surface area contributed by atoms with Gasteiger partial charge in [-0.3, -0.25) is 14.9 Å². The van der Waals surface area contributed by atoms with Gasteiger partial charge in [0.1, 0.15) is 19.0 Å². The Labute approximate surface area is 290 Å². The van der Waals surface area contributed by atoms with Crippen LogP contribution in [0.15, 0.2) is 110 Å². The summed E-state index contributed by atoms with van der Waals surface area (Å²) in [6, 6.07) is 26.5. The summed E-state index contributed by atoms with van der Waals surface area (Å²) in [5.74, 6) is -11.6. The van der Waals surface area contributed by atoms with Crippen LogP contribution in [-0.2, 0) is 35.6 Å². The summed E-state index contributed by atoms with van der Waals surface area (Å²) in [5.41, 5.74) is 2.28. The fourth-order valence-electron chi connectivity index (χ4n) is 5.38. The molecule has 0 amide bonds. The SMILES string of the molecule is C=C(N[C@@H](Cc1cc(-c2ccc([N+](=O)[O-])c(C)c2)ccc1OCc1ccccc1)C(=O)Cc1c(F)c(F)c(F)c(F)c1F)OCc1ccccc1. The summed E-state index contributed by atoms with van der Waals surface area (Å²) in [6.07, 6.45) is -1.37. The maximum absolute atomic E-state index is 14.7. The maximum atomic E-state index is 14.7. The lowest BCUT2D eigenvalue weighted by atomic mass is 9.93. The summed E-state index contributed by atoms with van der Waals surface area (Å²) in [4.78, 5) is 24.7. The van der Waals surface area contributed by atoms with Crippen molar-refractivity contribution in [2.75, 3.05) is 0 Å². The van der Waals surface area contributed by atoms with Gasteiger partial charge < -0.3 is 14.8 Å². The fourth-order valence-corrected chi connectivity index (χ4v) is 5.38. The average molecular weight is 703 g/mol. The van der Waals surface area contributed by atoms with Crippen molar-refractivity contribution in [3.8, 4) is 16.9 Å². The Bertz CT molecular complexity index is 2050. The van der Waals surface area contributed by atoms with Crippen molar-refractivity contribution in [3.05, 3.63) is 177 Å². The van der Waals surface area contributed by atoms with Gasteiger partial charge in [-0.05, 0) is 65.6 Å². The van der Waals surface area contributed by atoms with Gasteiger partial charge in [0.05, 0.1) is 11.0 Å². The first-order valence-electron chi connectivity index (χ1n) is 15.6. The summed E-state index contributed by atoms with van der Waals surface area (Å²) in [5, 5.41) is 14.2. The number of hydrogen-bond acceptors (Lipinski definition) is 6. The van der Waals surface area contributed by atoms with Crippen molar-refractivity contribution >= 4 is 11.5 Å². The zero-order chi connectivity index (χ0) is 36.7. The van der Waals surface area contributed by atoms with E-state index in [1.165, 1.54) is 6.07 Å². The minimum Gasteiger partial charge on any atom is -0.489 e. The number of ether oxygens (including phenoxy) is 2. The number of hydrogen-bond donors (Lipinski definition) is 1. The number of Topliss-reactive ketones (excluding diaryl/α,β-unsaturated/α-hetero) is 1. The molecule has 262 valence electrons. The van der Waals surface area contributed by atoms with E-state index < -0.39 is 57.8 Å². The highest BCUT2D eigenvalue weighted by Crippen LogP contribution is 2.32. The first kappa shape index (κ1) is 36.2. The molecule has 1 N–H and O–H groups in total. The first-order chi connectivity index (χ1) is 24.4. The molecule has 0 aliphatic rings. The number of nitrogens with zero attached hydrogens (tertiary/aromatic N) is 1. The quantitative estimate of drug-likeness (QED) is 0.0293. The highest BCUT2D eigenvalue weighted by atomic mass is 19.2. The second kappa shape index (κ2) is 16.1. The number of nitrogens with one attached hydrogen (secondary N) is 1. The summed E-state index contributed by atoms with van der Waals surface area (Å²) >= 11 is 0. The topological polar surface area (TPSA) is 90.7 Å². The number of benzene rings is 5. The largest absolute Gasteiger partial charge is 0.489 e. The molecule has 0 bridgehead atoms. The van der Waals surface area contributed by atoms with Gasteiger partial charge in [-0.25, -0.2) is 22.0 Å². The van der Waals surface area contributed by atoms with E-state index in [1.54, 1.807) is 61.5 Å². The Morgan fingerprint density at radius 3 is 1.92 bits per heavy atom. The molecule has 0 saturated heterocycles. The normalized spacial score (nSPS) is 11.5. The molecule has 0 aromatic heterocycles. The third kappa shape index (κ3) is 8.77. The van der Waals surface area contributed by atoms with Crippen LogP contribution in [0.2, 0.25) is 0 Å². The predicted molar refractivity (Wildman–Crippen MR) is 180 cm³/mol. The maximum Gasteiger partial charge on any atom is 0.272 e. The average Bonchev–Trinajstić information content (AvgIpc) is 3.13. The van der Waals surface area contributed by atoms with Crippen LogP contribution in [0.1, 0.15) is 27.8 Å². The molecular formula is C39H31F5N2O5. The lowest BCUT2D eigenvalue weighted by Gasteiger charge is -2.23. The second-order valence-corrected chi connectivity index (χ2v) is 11.6. The molecule has 5 rings (SSSR count). The highest BCUT2D eigenvalue weighted by Gasteiger charge is 2.30. The van der Waals surface area contributed by atoms with Crippen LogP contribution in [0.5, 0.6) is 5.75 Å². The van der Waals surface area contributed by atoms with Crippen LogP contribution in [0.4, 0.5) is 27.6 Å². The molecular weight excluding hydrogens is 671 g/mol. The lowest BCUT2D eigenvalue weighted by molar-refractivity contribution is -0.385. The van der Waals surface area contributed by atoms with E-state index in [0.717, 1.165) is 11.1 Å². The monoisotopic (exact) mass is 702 g/mol. The Kier molecular flexibility index (Phi) is 11.5. The Hall–Kier alpha value is -6.04. The molecule has 0 unspecified atom stereocenters. The molecule has 0 aliphatic carbocycles. The van der Waals surface area contributed by atoms with Gasteiger partial charge in [0, 0.05) is 30.0 Å². The van der Waals surface area contributed by atoms with E-state index >= 15 is 0 Å². The zero-order valence-corrected chi connectivity index (χ0v) is 27.2. The van der Waals surface area contributed by atoms with Crippen molar-refractivity contribution in [2.45, 2.75) is 39.0 Å². The van der Waals surface area contributed by atoms with Crippen LogP contribution in [-0.4, -0.2) is 16.7 Å². The van der Waals surface area contributed by atoms with E-state index in [0.29, 0.717) is 28.0 Å². The van der Waals surface area contributed by atoms with Gasteiger partial charge in [-0.2, -0.15) is 0 Å². The molecule has 5 aromatic carbocycles. The number of carbonyl (C=O) groups excluding carboxylic acids is 1. The number of aryl methyl sites for hydroxylation is 1. The van der Waals surface area contributed by atoms with Crippen molar-refractivity contribution < 1.29 is 41.1 Å². The van der Waals surface area contributed by atoms with Gasteiger partial charge >= 0.3 is 0 Å². The Balaban J connectivity index is 1.52. The third-order valence-corrected chi connectivity index (χ3v) is 8.08. The van der Waals surface area contributed by atoms with Crippen LogP contribution < -0.4 is 10.1 Å². The van der Waals surface area contributed by atoms with Crippen LogP contribution in [0.25, 0.3) is 11.1 Å². The van der Waals surface area contributed by atoms with E-state index in [9.17, 15) is 36.9 Å². The van der Waals surface area contributed by atoms with Crippen LogP contribution in [0.3, 0.4) is 0 Å². The second-order valence-electron chi connectivity index (χ2n) is 11.6. The van der Waals surface area contributed by atoms with E-state index in [-0.39, 0.29) is 31.2 Å². The van der Waals surface area contributed by atoms with Crippen LogP contribution in [0, 0.1) is 46.1 Å². The Morgan fingerprint density at radius 1 is 0.784 bits per heavy atom. The molecule has 1 atom stereocenters. The molecule has 0 aliphatic heterocycles. The summed E-state index contributed by atoms with van der Waals surface area (Å²) in [7, 11) is 0. The van der Waals surface area contributed by atoms with Crippen molar-refractivity contribution in [1.82, 2.24) is 5.32 Å². The first-order valence-corrected chi connectivity index (χ1v) is 15.6. The fraction of sp³-hybridized carbons (Fsp3) is 0.154.